The molecule has 4 heteroatoms. The van der Waals surface area contributed by atoms with Gasteiger partial charge in [0.15, 0.2) is 0 Å². The maximum Gasteiger partial charge on any atom is 0.240 e. The zero-order valence-electron chi connectivity index (χ0n) is 10.4. The lowest BCUT2D eigenvalue weighted by Crippen LogP contribution is -2.46. The molecule has 1 amide bonds. The van der Waals surface area contributed by atoms with E-state index in [2.05, 4.69) is 24.1 Å². The number of carbonyl (C=O) groups excluding carboxylic acids is 1. The van der Waals surface area contributed by atoms with Gasteiger partial charge in [-0.3, -0.25) is 9.78 Å². The van der Waals surface area contributed by atoms with Gasteiger partial charge in [0.05, 0.1) is 5.54 Å². The van der Waals surface area contributed by atoms with Crippen molar-refractivity contribution in [3.05, 3.63) is 30.1 Å². The smallest absolute Gasteiger partial charge is 0.240 e. The van der Waals surface area contributed by atoms with Gasteiger partial charge in [0.2, 0.25) is 5.91 Å². The predicted octanol–water partition coefficient (Wildman–Crippen LogP) is 0.967. The molecular formula is C13H19N3O. The standard InChI is InChI=1S/C13H19N3O/c1-12(2,10-5-3-4-8-15-10)9-16-11(17)13(14)6-7-13/h3-5,8H,6-7,9,14H2,1-2H3,(H,16,17). The lowest BCUT2D eigenvalue weighted by Gasteiger charge is -2.25. The van der Waals surface area contributed by atoms with Crippen LogP contribution in [-0.4, -0.2) is 23.0 Å². The number of hydrogen-bond acceptors (Lipinski definition) is 3. The second-order valence-corrected chi connectivity index (χ2v) is 5.44. The summed E-state index contributed by atoms with van der Waals surface area (Å²) in [4.78, 5) is 16.1. The van der Waals surface area contributed by atoms with Gasteiger partial charge in [-0.25, -0.2) is 0 Å². The van der Waals surface area contributed by atoms with E-state index in [4.69, 9.17) is 5.73 Å². The second-order valence-electron chi connectivity index (χ2n) is 5.44. The van der Waals surface area contributed by atoms with E-state index in [0.29, 0.717) is 6.54 Å². The first-order valence-corrected chi connectivity index (χ1v) is 5.93. The van der Waals surface area contributed by atoms with Crippen molar-refractivity contribution in [2.75, 3.05) is 6.54 Å². The Bertz CT molecular complexity index is 410. The molecule has 0 radical (unpaired) electrons. The minimum atomic E-state index is -0.597. The molecule has 0 aromatic carbocycles. The van der Waals surface area contributed by atoms with Crippen LogP contribution in [0.3, 0.4) is 0 Å². The highest BCUT2D eigenvalue weighted by atomic mass is 16.2. The Morgan fingerprint density at radius 1 is 1.53 bits per heavy atom. The van der Waals surface area contributed by atoms with E-state index in [1.165, 1.54) is 0 Å². The van der Waals surface area contributed by atoms with Gasteiger partial charge in [0, 0.05) is 23.9 Å². The Labute approximate surface area is 102 Å². The summed E-state index contributed by atoms with van der Waals surface area (Å²) in [5.74, 6) is -0.0403. The average molecular weight is 233 g/mol. The van der Waals surface area contributed by atoms with Gasteiger partial charge in [-0.1, -0.05) is 19.9 Å². The van der Waals surface area contributed by atoms with Crippen LogP contribution in [-0.2, 0) is 10.2 Å². The number of nitrogens with two attached hydrogens (primary N) is 1. The van der Waals surface area contributed by atoms with E-state index in [1.54, 1.807) is 6.20 Å². The van der Waals surface area contributed by atoms with E-state index < -0.39 is 5.54 Å². The Kier molecular flexibility index (Phi) is 2.91. The molecule has 1 fully saturated rings. The topological polar surface area (TPSA) is 68.0 Å². The van der Waals surface area contributed by atoms with E-state index >= 15 is 0 Å². The first-order valence-electron chi connectivity index (χ1n) is 5.93. The number of carbonyl (C=O) groups is 1. The van der Waals surface area contributed by atoms with Crippen LogP contribution in [0.2, 0.25) is 0 Å². The van der Waals surface area contributed by atoms with Crippen molar-refractivity contribution in [1.82, 2.24) is 10.3 Å². The molecule has 92 valence electrons. The van der Waals surface area contributed by atoms with Crippen molar-refractivity contribution in [1.29, 1.82) is 0 Å². The highest BCUT2D eigenvalue weighted by Crippen LogP contribution is 2.32. The monoisotopic (exact) mass is 233 g/mol. The number of aromatic nitrogens is 1. The molecule has 2 rings (SSSR count). The van der Waals surface area contributed by atoms with Gasteiger partial charge in [-0.15, -0.1) is 0 Å². The third kappa shape index (κ3) is 2.64. The van der Waals surface area contributed by atoms with E-state index in [-0.39, 0.29) is 11.3 Å². The highest BCUT2D eigenvalue weighted by molar-refractivity contribution is 5.89. The summed E-state index contributed by atoms with van der Waals surface area (Å²) in [6.07, 6.45) is 3.36. The van der Waals surface area contributed by atoms with Crippen molar-refractivity contribution in [3.8, 4) is 0 Å². The first-order chi connectivity index (χ1) is 7.94. The van der Waals surface area contributed by atoms with Gasteiger partial charge >= 0.3 is 0 Å². The molecule has 1 aliphatic carbocycles. The minimum absolute atomic E-state index is 0.0403. The molecule has 0 aliphatic heterocycles. The van der Waals surface area contributed by atoms with E-state index in [1.807, 2.05) is 18.2 Å². The van der Waals surface area contributed by atoms with Gasteiger partial charge < -0.3 is 11.1 Å². The number of hydrogen-bond donors (Lipinski definition) is 2. The summed E-state index contributed by atoms with van der Waals surface area (Å²) in [5.41, 5.74) is 6.03. The maximum absolute atomic E-state index is 11.7. The van der Waals surface area contributed by atoms with Gasteiger partial charge in [0.25, 0.3) is 0 Å². The Balaban J connectivity index is 1.96. The molecule has 1 aromatic rings. The molecule has 0 unspecified atom stereocenters. The van der Waals surface area contributed by atoms with Crippen LogP contribution >= 0.6 is 0 Å². The van der Waals surface area contributed by atoms with E-state index in [9.17, 15) is 4.79 Å². The summed E-state index contributed by atoms with van der Waals surface area (Å²) in [6, 6.07) is 5.82. The molecular weight excluding hydrogens is 214 g/mol. The normalized spacial score (nSPS) is 17.6. The van der Waals surface area contributed by atoms with Crippen LogP contribution in [0.4, 0.5) is 0 Å². The summed E-state index contributed by atoms with van der Waals surface area (Å²) in [6.45, 7) is 4.68. The largest absolute Gasteiger partial charge is 0.354 e. The average Bonchev–Trinajstić information content (AvgIpc) is 3.07. The Morgan fingerprint density at radius 3 is 2.76 bits per heavy atom. The van der Waals surface area contributed by atoms with Crippen molar-refractivity contribution < 1.29 is 4.79 Å². The fourth-order valence-electron chi connectivity index (χ4n) is 1.69. The number of nitrogens with zero attached hydrogens (tertiary/aromatic N) is 1. The zero-order valence-corrected chi connectivity index (χ0v) is 10.4. The van der Waals surface area contributed by atoms with Crippen LogP contribution in [0.25, 0.3) is 0 Å². The number of amides is 1. The quantitative estimate of drug-likeness (QED) is 0.814. The van der Waals surface area contributed by atoms with Crippen LogP contribution in [0, 0.1) is 0 Å². The van der Waals surface area contributed by atoms with Crippen LogP contribution in [0.15, 0.2) is 24.4 Å². The van der Waals surface area contributed by atoms with Crippen LogP contribution in [0.5, 0.6) is 0 Å². The van der Waals surface area contributed by atoms with Crippen molar-refractivity contribution >= 4 is 5.91 Å². The molecule has 1 heterocycles. The molecule has 0 atom stereocenters. The van der Waals surface area contributed by atoms with E-state index in [0.717, 1.165) is 18.5 Å². The highest BCUT2D eigenvalue weighted by Gasteiger charge is 2.46. The number of pyridine rings is 1. The lowest BCUT2D eigenvalue weighted by atomic mass is 9.88. The maximum atomic E-state index is 11.7. The van der Waals surface area contributed by atoms with Crippen molar-refractivity contribution in [3.63, 3.8) is 0 Å². The minimum Gasteiger partial charge on any atom is -0.354 e. The summed E-state index contributed by atoms with van der Waals surface area (Å²) in [5, 5.41) is 2.92. The lowest BCUT2D eigenvalue weighted by molar-refractivity contribution is -0.123. The first kappa shape index (κ1) is 12.0. The van der Waals surface area contributed by atoms with Crippen molar-refractivity contribution in [2.24, 2.45) is 5.73 Å². The second kappa shape index (κ2) is 4.11. The zero-order chi connectivity index (χ0) is 12.5. The fourth-order valence-corrected chi connectivity index (χ4v) is 1.69. The molecule has 17 heavy (non-hydrogen) atoms. The summed E-state index contributed by atoms with van der Waals surface area (Å²) >= 11 is 0. The van der Waals surface area contributed by atoms with Gasteiger partial charge in [0.1, 0.15) is 0 Å². The van der Waals surface area contributed by atoms with Gasteiger partial charge in [-0.05, 0) is 25.0 Å². The summed E-state index contributed by atoms with van der Waals surface area (Å²) in [7, 11) is 0. The van der Waals surface area contributed by atoms with Gasteiger partial charge in [-0.2, -0.15) is 0 Å². The number of rotatable bonds is 4. The molecule has 1 saturated carbocycles. The summed E-state index contributed by atoms with van der Waals surface area (Å²) < 4.78 is 0. The molecule has 0 spiro atoms. The van der Waals surface area contributed by atoms with Crippen molar-refractivity contribution in [2.45, 2.75) is 37.6 Å². The molecule has 3 N–H and O–H groups in total. The van der Waals surface area contributed by atoms with Crippen LogP contribution < -0.4 is 11.1 Å². The third-order valence-corrected chi connectivity index (χ3v) is 3.29. The molecule has 4 nitrogen and oxygen atoms in total. The third-order valence-electron chi connectivity index (χ3n) is 3.29. The predicted molar refractivity (Wildman–Crippen MR) is 66.4 cm³/mol. The van der Waals surface area contributed by atoms with Crippen LogP contribution in [0.1, 0.15) is 32.4 Å². The molecule has 1 aromatic heterocycles. The number of nitrogens with one attached hydrogen (secondary N) is 1. The Hall–Kier alpha value is -1.42. The molecule has 0 saturated heterocycles. The SMILES string of the molecule is CC(C)(CNC(=O)C1(N)CC1)c1ccccn1. The Morgan fingerprint density at radius 2 is 2.24 bits per heavy atom. The molecule has 0 bridgehead atoms. The fraction of sp³-hybridized carbons (Fsp3) is 0.538. The molecule has 1 aliphatic rings.